The first-order chi connectivity index (χ1) is 8.45. The van der Waals surface area contributed by atoms with Crippen LogP contribution in [0.25, 0.3) is 0 Å². The lowest BCUT2D eigenvalue weighted by molar-refractivity contribution is -0.119. The summed E-state index contributed by atoms with van der Waals surface area (Å²) in [6.07, 6.45) is 0. The zero-order valence-electron chi connectivity index (χ0n) is 10.6. The number of rotatable bonds is 5. The quantitative estimate of drug-likeness (QED) is 0.637. The predicted octanol–water partition coefficient (Wildman–Crippen LogP) is -0.0600. The molecule has 0 fully saturated rings. The van der Waals surface area contributed by atoms with E-state index in [4.69, 9.17) is 11.5 Å². The van der Waals surface area contributed by atoms with Gasteiger partial charge in [-0.2, -0.15) is 0 Å². The van der Waals surface area contributed by atoms with Gasteiger partial charge in [0.05, 0.1) is 17.9 Å². The molecule has 18 heavy (non-hydrogen) atoms. The molecule has 0 heterocycles. The summed E-state index contributed by atoms with van der Waals surface area (Å²) in [4.78, 5) is 24.1. The highest BCUT2D eigenvalue weighted by Gasteiger charge is 2.11. The first kappa shape index (κ1) is 13.8. The van der Waals surface area contributed by atoms with Crippen LogP contribution in [-0.2, 0) is 4.79 Å². The summed E-state index contributed by atoms with van der Waals surface area (Å²) in [5, 5.41) is 2.70. The van der Waals surface area contributed by atoms with Crippen LogP contribution >= 0.6 is 0 Å². The molecule has 0 aliphatic carbocycles. The third-order valence-electron chi connectivity index (χ3n) is 2.48. The Morgan fingerprint density at radius 3 is 2.56 bits per heavy atom. The third-order valence-corrected chi connectivity index (χ3v) is 2.48. The number of nitrogen functional groups attached to an aromatic ring is 1. The summed E-state index contributed by atoms with van der Waals surface area (Å²) in [6, 6.07) is 4.77. The molecule has 1 aromatic rings. The first-order valence-electron chi connectivity index (χ1n) is 5.62. The van der Waals surface area contributed by atoms with Gasteiger partial charge in [-0.25, -0.2) is 0 Å². The van der Waals surface area contributed by atoms with Gasteiger partial charge in [-0.3, -0.25) is 9.59 Å². The Kier molecular flexibility index (Phi) is 4.53. The molecule has 1 rings (SSSR count). The highest BCUT2D eigenvalue weighted by Crippen LogP contribution is 2.22. The van der Waals surface area contributed by atoms with Crippen LogP contribution in [0, 0.1) is 0 Å². The van der Waals surface area contributed by atoms with Crippen LogP contribution in [0.4, 0.5) is 11.4 Å². The number of anilines is 2. The second-order valence-electron chi connectivity index (χ2n) is 3.95. The molecule has 0 atom stereocenters. The Labute approximate surface area is 106 Å². The summed E-state index contributed by atoms with van der Waals surface area (Å²) in [6.45, 7) is 2.64. The SMILES string of the molecule is CCNC(=O)CN(C)c1ccc(C(N)=O)cc1N. The molecule has 0 saturated carbocycles. The van der Waals surface area contributed by atoms with Gasteiger partial charge < -0.3 is 21.7 Å². The Hall–Kier alpha value is -2.24. The molecule has 98 valence electrons. The van der Waals surface area contributed by atoms with Crippen molar-refractivity contribution in [2.45, 2.75) is 6.92 Å². The van der Waals surface area contributed by atoms with Gasteiger partial charge in [-0.15, -0.1) is 0 Å². The van der Waals surface area contributed by atoms with Gasteiger partial charge >= 0.3 is 0 Å². The number of nitrogens with two attached hydrogens (primary N) is 2. The number of primary amides is 1. The minimum atomic E-state index is -0.528. The van der Waals surface area contributed by atoms with Crippen molar-refractivity contribution < 1.29 is 9.59 Å². The Bertz CT molecular complexity index is 459. The number of carbonyl (C=O) groups excluding carboxylic acids is 2. The van der Waals surface area contributed by atoms with E-state index in [1.165, 1.54) is 6.07 Å². The predicted molar refractivity (Wildman–Crippen MR) is 71.3 cm³/mol. The van der Waals surface area contributed by atoms with Gasteiger partial charge in [0.25, 0.3) is 0 Å². The largest absolute Gasteiger partial charge is 0.397 e. The van der Waals surface area contributed by atoms with Crippen LogP contribution in [-0.4, -0.2) is 32.0 Å². The van der Waals surface area contributed by atoms with Crippen LogP contribution in [0.3, 0.4) is 0 Å². The van der Waals surface area contributed by atoms with Crippen LogP contribution in [0.1, 0.15) is 17.3 Å². The number of nitrogens with one attached hydrogen (secondary N) is 1. The van der Waals surface area contributed by atoms with Crippen molar-refractivity contribution in [3.63, 3.8) is 0 Å². The number of nitrogens with zero attached hydrogens (tertiary/aromatic N) is 1. The molecular weight excluding hydrogens is 232 g/mol. The molecule has 0 unspecified atom stereocenters. The van der Waals surface area contributed by atoms with Gasteiger partial charge in [-0.05, 0) is 25.1 Å². The number of hydrogen-bond donors (Lipinski definition) is 3. The van der Waals surface area contributed by atoms with Crippen molar-refractivity contribution in [2.75, 3.05) is 30.8 Å². The van der Waals surface area contributed by atoms with E-state index in [0.29, 0.717) is 23.5 Å². The number of carbonyl (C=O) groups is 2. The average Bonchev–Trinajstić information content (AvgIpc) is 2.28. The van der Waals surface area contributed by atoms with Crippen molar-refractivity contribution in [3.8, 4) is 0 Å². The van der Waals surface area contributed by atoms with E-state index in [-0.39, 0.29) is 12.5 Å². The fraction of sp³-hybridized carbons (Fsp3) is 0.333. The topological polar surface area (TPSA) is 101 Å². The van der Waals surface area contributed by atoms with Crippen LogP contribution in [0.2, 0.25) is 0 Å². The molecule has 5 N–H and O–H groups in total. The molecule has 2 amide bonds. The van der Waals surface area contributed by atoms with Crippen molar-refractivity contribution in [1.82, 2.24) is 5.32 Å². The molecule has 0 spiro atoms. The van der Waals surface area contributed by atoms with Crippen LogP contribution < -0.4 is 21.7 Å². The molecular formula is C12H18N4O2. The third kappa shape index (κ3) is 3.38. The maximum Gasteiger partial charge on any atom is 0.248 e. The molecule has 1 aromatic carbocycles. The molecule has 0 saturated heterocycles. The average molecular weight is 250 g/mol. The second-order valence-corrected chi connectivity index (χ2v) is 3.95. The lowest BCUT2D eigenvalue weighted by Gasteiger charge is -2.20. The Morgan fingerprint density at radius 2 is 2.06 bits per heavy atom. The molecule has 6 nitrogen and oxygen atoms in total. The monoisotopic (exact) mass is 250 g/mol. The summed E-state index contributed by atoms with van der Waals surface area (Å²) >= 11 is 0. The molecule has 0 aromatic heterocycles. The van der Waals surface area contributed by atoms with Gasteiger partial charge in [0.1, 0.15) is 0 Å². The summed E-state index contributed by atoms with van der Waals surface area (Å²) in [7, 11) is 1.75. The summed E-state index contributed by atoms with van der Waals surface area (Å²) < 4.78 is 0. The zero-order chi connectivity index (χ0) is 13.7. The fourth-order valence-corrected chi connectivity index (χ4v) is 1.61. The molecule has 6 heteroatoms. The smallest absolute Gasteiger partial charge is 0.248 e. The van der Waals surface area contributed by atoms with Crippen molar-refractivity contribution in [3.05, 3.63) is 23.8 Å². The normalized spacial score (nSPS) is 9.89. The van der Waals surface area contributed by atoms with Crippen molar-refractivity contribution in [1.29, 1.82) is 0 Å². The minimum absolute atomic E-state index is 0.0848. The van der Waals surface area contributed by atoms with E-state index in [0.717, 1.165) is 0 Å². The molecule has 0 aliphatic rings. The van der Waals surface area contributed by atoms with E-state index in [2.05, 4.69) is 5.32 Å². The van der Waals surface area contributed by atoms with E-state index < -0.39 is 5.91 Å². The fourth-order valence-electron chi connectivity index (χ4n) is 1.61. The van der Waals surface area contributed by atoms with Gasteiger partial charge in [-0.1, -0.05) is 0 Å². The van der Waals surface area contributed by atoms with E-state index in [9.17, 15) is 9.59 Å². The Balaban J connectivity index is 2.83. The van der Waals surface area contributed by atoms with E-state index in [1.807, 2.05) is 6.92 Å². The summed E-state index contributed by atoms with van der Waals surface area (Å²) in [5.41, 5.74) is 12.4. The zero-order valence-corrected chi connectivity index (χ0v) is 10.6. The number of likely N-dealkylation sites (N-methyl/N-ethyl adjacent to an activating group) is 2. The lowest BCUT2D eigenvalue weighted by Crippen LogP contribution is -2.35. The van der Waals surface area contributed by atoms with E-state index >= 15 is 0 Å². The number of benzene rings is 1. The van der Waals surface area contributed by atoms with Crippen LogP contribution in [0.5, 0.6) is 0 Å². The van der Waals surface area contributed by atoms with Crippen molar-refractivity contribution >= 4 is 23.2 Å². The number of amides is 2. The molecule has 0 radical (unpaired) electrons. The van der Waals surface area contributed by atoms with Gasteiger partial charge in [0.15, 0.2) is 0 Å². The molecule has 0 aliphatic heterocycles. The first-order valence-corrected chi connectivity index (χ1v) is 5.62. The minimum Gasteiger partial charge on any atom is -0.397 e. The maximum absolute atomic E-state index is 11.4. The van der Waals surface area contributed by atoms with Crippen molar-refractivity contribution in [2.24, 2.45) is 5.73 Å². The standard InChI is InChI=1S/C12H18N4O2/c1-3-15-11(17)7-16(2)10-5-4-8(12(14)18)6-9(10)13/h4-6H,3,7,13H2,1-2H3,(H2,14,18)(H,15,17). The number of hydrogen-bond acceptors (Lipinski definition) is 4. The maximum atomic E-state index is 11.4. The summed E-state index contributed by atoms with van der Waals surface area (Å²) in [5.74, 6) is -0.613. The highest BCUT2D eigenvalue weighted by molar-refractivity contribution is 5.95. The van der Waals surface area contributed by atoms with E-state index in [1.54, 1.807) is 24.1 Å². The van der Waals surface area contributed by atoms with Gasteiger partial charge in [0, 0.05) is 19.2 Å². The second kappa shape index (κ2) is 5.90. The Morgan fingerprint density at radius 1 is 1.39 bits per heavy atom. The van der Waals surface area contributed by atoms with Crippen LogP contribution in [0.15, 0.2) is 18.2 Å². The lowest BCUT2D eigenvalue weighted by atomic mass is 10.1. The van der Waals surface area contributed by atoms with Gasteiger partial charge in [0.2, 0.25) is 11.8 Å². The molecule has 0 bridgehead atoms. The highest BCUT2D eigenvalue weighted by atomic mass is 16.2.